The lowest BCUT2D eigenvalue weighted by molar-refractivity contribution is 0.363. The van der Waals surface area contributed by atoms with Gasteiger partial charge < -0.3 is 0 Å². The number of fused-ring (bicyclic) bond motifs is 1. The van der Waals surface area contributed by atoms with Gasteiger partial charge in [0.05, 0.1) is 0 Å². The normalized spacial score (nSPS) is 15.9. The average Bonchev–Trinajstić information content (AvgIpc) is 2.61. The predicted octanol–water partition coefficient (Wildman–Crippen LogP) is 3.96. The van der Waals surface area contributed by atoms with Gasteiger partial charge in [0.2, 0.25) is 0 Å². The molecule has 0 bridgehead atoms. The SMILES string of the molecule is C/C=C/CN(C)Cc1ccc2c(c1)CCCCC2. The third-order valence-electron chi connectivity index (χ3n) is 3.77. The summed E-state index contributed by atoms with van der Waals surface area (Å²) in [4.78, 5) is 2.36. The molecule has 0 spiro atoms. The molecular weight excluding hydrogens is 218 g/mol. The number of nitrogens with zero attached hydrogens (tertiary/aromatic N) is 1. The van der Waals surface area contributed by atoms with Crippen LogP contribution in [-0.2, 0) is 19.4 Å². The standard InChI is InChI=1S/C17H25N/c1-3-4-12-18(2)14-15-10-11-16-8-6-5-7-9-17(16)13-15/h3-4,10-11,13H,5-9,12,14H2,1-2H3/b4-3+. The summed E-state index contributed by atoms with van der Waals surface area (Å²) < 4.78 is 0. The van der Waals surface area contributed by atoms with Crippen LogP contribution in [-0.4, -0.2) is 18.5 Å². The van der Waals surface area contributed by atoms with Gasteiger partial charge in [0, 0.05) is 13.1 Å². The van der Waals surface area contributed by atoms with Crippen LogP contribution in [0.5, 0.6) is 0 Å². The molecule has 0 unspecified atom stereocenters. The highest BCUT2D eigenvalue weighted by Gasteiger charge is 2.09. The summed E-state index contributed by atoms with van der Waals surface area (Å²) in [5.41, 5.74) is 4.65. The summed E-state index contributed by atoms with van der Waals surface area (Å²) in [6.07, 6.45) is 11.0. The highest BCUT2D eigenvalue weighted by atomic mass is 15.1. The van der Waals surface area contributed by atoms with Crippen LogP contribution in [0.3, 0.4) is 0 Å². The molecule has 1 aromatic rings. The summed E-state index contributed by atoms with van der Waals surface area (Å²) in [6, 6.07) is 7.11. The van der Waals surface area contributed by atoms with E-state index in [4.69, 9.17) is 0 Å². The summed E-state index contributed by atoms with van der Waals surface area (Å²) in [7, 11) is 2.19. The van der Waals surface area contributed by atoms with E-state index in [2.05, 4.69) is 49.2 Å². The van der Waals surface area contributed by atoms with Gasteiger partial charge in [-0.3, -0.25) is 4.90 Å². The molecule has 98 valence electrons. The Kier molecular flexibility index (Phi) is 5.00. The van der Waals surface area contributed by atoms with Crippen LogP contribution in [0.2, 0.25) is 0 Å². The molecule has 0 fully saturated rings. The lowest BCUT2D eigenvalue weighted by Gasteiger charge is -2.16. The average molecular weight is 243 g/mol. The van der Waals surface area contributed by atoms with Gasteiger partial charge >= 0.3 is 0 Å². The molecule has 0 amide bonds. The molecule has 1 aromatic carbocycles. The smallest absolute Gasteiger partial charge is 0.0234 e. The van der Waals surface area contributed by atoms with E-state index in [0.29, 0.717) is 0 Å². The Bertz CT molecular complexity index is 406. The minimum Gasteiger partial charge on any atom is -0.298 e. The zero-order valence-corrected chi connectivity index (χ0v) is 11.8. The number of rotatable bonds is 4. The maximum absolute atomic E-state index is 2.44. The van der Waals surface area contributed by atoms with Gasteiger partial charge in [0.25, 0.3) is 0 Å². The number of likely N-dealkylation sites (N-methyl/N-ethyl adjacent to an activating group) is 1. The Balaban J connectivity index is 2.03. The monoisotopic (exact) mass is 243 g/mol. The second kappa shape index (κ2) is 6.75. The minimum absolute atomic E-state index is 1.04. The largest absolute Gasteiger partial charge is 0.298 e. The van der Waals surface area contributed by atoms with Crippen LogP contribution in [0.1, 0.15) is 42.9 Å². The zero-order valence-electron chi connectivity index (χ0n) is 11.8. The van der Waals surface area contributed by atoms with Crippen molar-refractivity contribution in [2.24, 2.45) is 0 Å². The molecule has 18 heavy (non-hydrogen) atoms. The highest BCUT2D eigenvalue weighted by molar-refractivity contribution is 5.33. The Morgan fingerprint density at radius 2 is 1.89 bits per heavy atom. The van der Waals surface area contributed by atoms with E-state index in [0.717, 1.165) is 13.1 Å². The molecule has 0 saturated carbocycles. The predicted molar refractivity (Wildman–Crippen MR) is 78.8 cm³/mol. The molecule has 2 rings (SSSR count). The first-order valence-corrected chi connectivity index (χ1v) is 7.20. The van der Waals surface area contributed by atoms with Gasteiger partial charge in [0.1, 0.15) is 0 Å². The van der Waals surface area contributed by atoms with Crippen molar-refractivity contribution in [2.75, 3.05) is 13.6 Å². The zero-order chi connectivity index (χ0) is 12.8. The molecule has 0 aliphatic heterocycles. The summed E-state index contributed by atoms with van der Waals surface area (Å²) >= 11 is 0. The Morgan fingerprint density at radius 1 is 1.11 bits per heavy atom. The van der Waals surface area contributed by atoms with Crippen LogP contribution in [0.15, 0.2) is 30.4 Å². The van der Waals surface area contributed by atoms with Crippen LogP contribution in [0, 0.1) is 0 Å². The molecule has 0 radical (unpaired) electrons. The Labute approximate surface area is 112 Å². The van der Waals surface area contributed by atoms with Crippen molar-refractivity contribution in [3.63, 3.8) is 0 Å². The topological polar surface area (TPSA) is 3.24 Å². The van der Waals surface area contributed by atoms with Crippen molar-refractivity contribution in [3.8, 4) is 0 Å². The molecule has 1 aliphatic rings. The second-order valence-corrected chi connectivity index (χ2v) is 5.43. The maximum Gasteiger partial charge on any atom is 0.0234 e. The van der Waals surface area contributed by atoms with Crippen molar-refractivity contribution in [1.82, 2.24) is 4.90 Å². The number of hydrogen-bond donors (Lipinski definition) is 0. The van der Waals surface area contributed by atoms with Gasteiger partial charge in [-0.15, -0.1) is 0 Å². The second-order valence-electron chi connectivity index (χ2n) is 5.43. The molecule has 1 aliphatic carbocycles. The van der Waals surface area contributed by atoms with E-state index in [1.165, 1.54) is 37.7 Å². The summed E-state index contributed by atoms with van der Waals surface area (Å²) in [5, 5.41) is 0. The van der Waals surface area contributed by atoms with Crippen molar-refractivity contribution >= 4 is 0 Å². The third kappa shape index (κ3) is 3.71. The molecule has 0 N–H and O–H groups in total. The van der Waals surface area contributed by atoms with Crippen molar-refractivity contribution in [1.29, 1.82) is 0 Å². The van der Waals surface area contributed by atoms with Gasteiger partial charge in [0.15, 0.2) is 0 Å². The van der Waals surface area contributed by atoms with E-state index >= 15 is 0 Å². The fourth-order valence-corrected chi connectivity index (χ4v) is 2.72. The van der Waals surface area contributed by atoms with Crippen LogP contribution in [0.4, 0.5) is 0 Å². The number of aryl methyl sites for hydroxylation is 2. The molecule has 1 heteroatoms. The molecule has 0 heterocycles. The van der Waals surface area contributed by atoms with Crippen LogP contribution in [0.25, 0.3) is 0 Å². The Morgan fingerprint density at radius 3 is 2.67 bits per heavy atom. The van der Waals surface area contributed by atoms with Crippen molar-refractivity contribution < 1.29 is 0 Å². The lowest BCUT2D eigenvalue weighted by Crippen LogP contribution is -2.17. The minimum atomic E-state index is 1.04. The maximum atomic E-state index is 2.44. The van der Waals surface area contributed by atoms with E-state index in [1.807, 2.05) is 0 Å². The molecule has 1 nitrogen and oxygen atoms in total. The molecular formula is C17H25N. The van der Waals surface area contributed by atoms with Crippen LogP contribution >= 0.6 is 0 Å². The lowest BCUT2D eigenvalue weighted by atomic mass is 10.00. The first-order chi connectivity index (χ1) is 8.79. The van der Waals surface area contributed by atoms with E-state index in [9.17, 15) is 0 Å². The number of allylic oxidation sites excluding steroid dienone is 1. The van der Waals surface area contributed by atoms with Gasteiger partial charge in [-0.25, -0.2) is 0 Å². The fraction of sp³-hybridized carbons (Fsp3) is 0.529. The third-order valence-corrected chi connectivity index (χ3v) is 3.77. The molecule has 0 atom stereocenters. The first-order valence-electron chi connectivity index (χ1n) is 7.20. The van der Waals surface area contributed by atoms with E-state index in [-0.39, 0.29) is 0 Å². The number of benzene rings is 1. The van der Waals surface area contributed by atoms with Crippen molar-refractivity contribution in [2.45, 2.75) is 45.6 Å². The Hall–Kier alpha value is -1.08. The summed E-state index contributed by atoms with van der Waals surface area (Å²) in [6.45, 7) is 4.17. The van der Waals surface area contributed by atoms with Crippen molar-refractivity contribution in [3.05, 3.63) is 47.0 Å². The van der Waals surface area contributed by atoms with Gasteiger partial charge in [-0.05, 0) is 56.3 Å². The van der Waals surface area contributed by atoms with E-state index < -0.39 is 0 Å². The van der Waals surface area contributed by atoms with Crippen LogP contribution < -0.4 is 0 Å². The number of hydrogen-bond acceptors (Lipinski definition) is 1. The van der Waals surface area contributed by atoms with E-state index in [1.54, 1.807) is 11.1 Å². The van der Waals surface area contributed by atoms with Gasteiger partial charge in [-0.1, -0.05) is 36.8 Å². The molecule has 0 aromatic heterocycles. The first kappa shape index (κ1) is 13.4. The van der Waals surface area contributed by atoms with Gasteiger partial charge in [-0.2, -0.15) is 0 Å². The summed E-state index contributed by atoms with van der Waals surface area (Å²) in [5.74, 6) is 0. The highest BCUT2D eigenvalue weighted by Crippen LogP contribution is 2.22. The fourth-order valence-electron chi connectivity index (χ4n) is 2.72. The quantitative estimate of drug-likeness (QED) is 0.571. The molecule has 0 saturated heterocycles.